The number of fused-ring (bicyclic) bond motifs is 1. The first-order chi connectivity index (χ1) is 16.6. The number of hydrogen-bond acceptors (Lipinski definition) is 6. The minimum absolute atomic E-state index is 0.188. The van der Waals surface area contributed by atoms with Gasteiger partial charge >= 0.3 is 0 Å². The lowest BCUT2D eigenvalue weighted by atomic mass is 10.0. The van der Waals surface area contributed by atoms with E-state index in [1.54, 1.807) is 16.9 Å². The molecule has 1 fully saturated rings. The maximum Gasteiger partial charge on any atom is 0.253 e. The number of nitrogens with two attached hydrogens (primary N) is 1. The van der Waals surface area contributed by atoms with Gasteiger partial charge < -0.3 is 15.8 Å². The summed E-state index contributed by atoms with van der Waals surface area (Å²) in [6.07, 6.45) is 8.45. The van der Waals surface area contributed by atoms with Crippen LogP contribution in [0.3, 0.4) is 0 Å². The van der Waals surface area contributed by atoms with Crippen molar-refractivity contribution in [2.24, 2.45) is 5.92 Å². The molecular formula is C26H28N6O2. The zero-order chi connectivity index (χ0) is 23.5. The van der Waals surface area contributed by atoms with Gasteiger partial charge in [-0.15, -0.1) is 5.10 Å². The molecule has 8 nitrogen and oxygen atoms in total. The number of benzene rings is 1. The van der Waals surface area contributed by atoms with Crippen LogP contribution in [0.5, 0.6) is 5.75 Å². The molecule has 5 rings (SSSR count). The molecule has 0 atom stereocenters. The molecule has 4 aromatic rings. The summed E-state index contributed by atoms with van der Waals surface area (Å²) in [6, 6.07) is 13.5. The third-order valence-corrected chi connectivity index (χ3v) is 6.38. The number of aryl methyl sites for hydroxylation is 1. The second kappa shape index (κ2) is 9.51. The summed E-state index contributed by atoms with van der Waals surface area (Å²) in [4.78, 5) is 21.6. The number of anilines is 1. The highest BCUT2D eigenvalue weighted by Gasteiger charge is 2.17. The molecule has 0 spiro atoms. The second-order valence-electron chi connectivity index (χ2n) is 8.80. The van der Waals surface area contributed by atoms with E-state index in [0.717, 1.165) is 34.7 Å². The molecule has 174 valence electrons. The maximum atomic E-state index is 13.0. The fourth-order valence-corrected chi connectivity index (χ4v) is 4.47. The Labute approximate surface area is 198 Å². The molecule has 0 bridgehead atoms. The molecule has 0 radical (unpaired) electrons. The van der Waals surface area contributed by atoms with Gasteiger partial charge in [0.1, 0.15) is 5.75 Å². The molecule has 1 aliphatic rings. The lowest BCUT2D eigenvalue weighted by molar-refractivity contribution is 0.0950. The number of amides is 1. The average Bonchev–Trinajstić information content (AvgIpc) is 3.50. The summed E-state index contributed by atoms with van der Waals surface area (Å²) in [5.74, 6) is 1.49. The van der Waals surface area contributed by atoms with Gasteiger partial charge in [-0.1, -0.05) is 31.0 Å². The molecule has 0 unspecified atom stereocenters. The van der Waals surface area contributed by atoms with Crippen LogP contribution in [0, 0.1) is 12.8 Å². The Morgan fingerprint density at radius 1 is 1.21 bits per heavy atom. The third-order valence-electron chi connectivity index (χ3n) is 6.38. The van der Waals surface area contributed by atoms with E-state index < -0.39 is 0 Å². The molecule has 8 heteroatoms. The fraction of sp³-hybridized carbons (Fsp3) is 0.308. The molecule has 1 saturated carbocycles. The van der Waals surface area contributed by atoms with Gasteiger partial charge in [-0.25, -0.2) is 4.52 Å². The third kappa shape index (κ3) is 4.71. The minimum atomic E-state index is -0.188. The Balaban J connectivity index is 1.30. The van der Waals surface area contributed by atoms with Gasteiger partial charge in [0.2, 0.25) is 5.95 Å². The van der Waals surface area contributed by atoms with Crippen LogP contribution in [0.15, 0.2) is 54.9 Å². The van der Waals surface area contributed by atoms with Gasteiger partial charge in [-0.2, -0.15) is 4.98 Å². The van der Waals surface area contributed by atoms with Crippen molar-refractivity contribution in [1.82, 2.24) is 24.9 Å². The van der Waals surface area contributed by atoms with Crippen LogP contribution >= 0.6 is 0 Å². The van der Waals surface area contributed by atoms with Gasteiger partial charge in [-0.3, -0.25) is 9.78 Å². The van der Waals surface area contributed by atoms with Crippen LogP contribution in [-0.4, -0.2) is 32.1 Å². The molecule has 1 aromatic carbocycles. The number of carbonyl (C=O) groups is 1. The Hall–Kier alpha value is -3.94. The first-order valence-corrected chi connectivity index (χ1v) is 11.6. The van der Waals surface area contributed by atoms with E-state index in [1.165, 1.54) is 25.7 Å². The number of ether oxygens (including phenoxy) is 1. The predicted molar refractivity (Wildman–Crippen MR) is 130 cm³/mol. The number of nitrogen functional groups attached to an aromatic ring is 1. The van der Waals surface area contributed by atoms with Crippen LogP contribution in [0.2, 0.25) is 0 Å². The van der Waals surface area contributed by atoms with Crippen molar-refractivity contribution in [1.29, 1.82) is 0 Å². The molecule has 0 aliphatic heterocycles. The van der Waals surface area contributed by atoms with Crippen molar-refractivity contribution in [2.45, 2.75) is 39.2 Å². The Morgan fingerprint density at radius 2 is 2.03 bits per heavy atom. The van der Waals surface area contributed by atoms with Crippen LogP contribution in [0.1, 0.15) is 47.3 Å². The van der Waals surface area contributed by atoms with Crippen LogP contribution < -0.4 is 15.8 Å². The molecule has 0 saturated heterocycles. The highest BCUT2D eigenvalue weighted by atomic mass is 16.5. The number of hydrogen-bond donors (Lipinski definition) is 2. The SMILES string of the molecule is Cc1ncc(C(=O)NCc2ccccc2OCC2CCCC2)cc1-c1ccn2nc(N)nc2c1. The largest absolute Gasteiger partial charge is 0.493 e. The first kappa shape index (κ1) is 21.9. The Bertz CT molecular complexity index is 1330. The summed E-state index contributed by atoms with van der Waals surface area (Å²) in [6.45, 7) is 3.03. The Morgan fingerprint density at radius 3 is 2.88 bits per heavy atom. The quantitative estimate of drug-likeness (QED) is 0.432. The van der Waals surface area contributed by atoms with Crippen molar-refractivity contribution in [2.75, 3.05) is 12.3 Å². The molecule has 3 N–H and O–H groups in total. The van der Waals surface area contributed by atoms with E-state index in [1.807, 2.05) is 49.4 Å². The van der Waals surface area contributed by atoms with Gasteiger partial charge in [-0.05, 0) is 55.5 Å². The zero-order valence-corrected chi connectivity index (χ0v) is 19.2. The Kier molecular flexibility index (Phi) is 6.12. The number of rotatable bonds is 7. The molecular weight excluding hydrogens is 428 g/mol. The van der Waals surface area contributed by atoms with E-state index >= 15 is 0 Å². The van der Waals surface area contributed by atoms with Crippen LogP contribution in [0.4, 0.5) is 5.95 Å². The topological polar surface area (TPSA) is 107 Å². The summed E-state index contributed by atoms with van der Waals surface area (Å²) in [5.41, 5.74) is 10.4. The van der Waals surface area contributed by atoms with Crippen LogP contribution in [0.25, 0.3) is 16.8 Å². The number of nitrogens with zero attached hydrogens (tertiary/aromatic N) is 4. The normalized spacial score (nSPS) is 13.9. The highest BCUT2D eigenvalue weighted by Crippen LogP contribution is 2.27. The minimum Gasteiger partial charge on any atom is -0.493 e. The molecule has 3 aromatic heterocycles. The number of aromatic nitrogens is 4. The van der Waals surface area contributed by atoms with Gasteiger partial charge in [0.15, 0.2) is 5.65 Å². The number of para-hydroxylation sites is 1. The molecule has 1 amide bonds. The summed E-state index contributed by atoms with van der Waals surface area (Å²) < 4.78 is 7.72. The van der Waals surface area contributed by atoms with E-state index in [0.29, 0.717) is 23.7 Å². The number of nitrogens with one attached hydrogen (secondary N) is 1. The van der Waals surface area contributed by atoms with Crippen molar-refractivity contribution in [3.63, 3.8) is 0 Å². The summed E-state index contributed by atoms with van der Waals surface area (Å²) in [5, 5.41) is 7.12. The summed E-state index contributed by atoms with van der Waals surface area (Å²) in [7, 11) is 0. The monoisotopic (exact) mass is 456 g/mol. The molecule has 34 heavy (non-hydrogen) atoms. The number of carbonyl (C=O) groups excluding carboxylic acids is 1. The second-order valence-corrected chi connectivity index (χ2v) is 8.80. The summed E-state index contributed by atoms with van der Waals surface area (Å²) >= 11 is 0. The molecule has 3 heterocycles. The van der Waals surface area contributed by atoms with Crippen molar-refractivity contribution in [3.8, 4) is 16.9 Å². The fourth-order valence-electron chi connectivity index (χ4n) is 4.47. The van der Waals surface area contributed by atoms with Crippen molar-refractivity contribution < 1.29 is 9.53 Å². The lowest BCUT2D eigenvalue weighted by Crippen LogP contribution is -2.23. The lowest BCUT2D eigenvalue weighted by Gasteiger charge is -2.15. The predicted octanol–water partition coefficient (Wildman–Crippen LogP) is 4.18. The highest BCUT2D eigenvalue weighted by molar-refractivity contribution is 5.95. The van der Waals surface area contributed by atoms with Gasteiger partial charge in [0, 0.05) is 35.8 Å². The molecule has 1 aliphatic carbocycles. The van der Waals surface area contributed by atoms with E-state index in [4.69, 9.17) is 10.5 Å². The number of pyridine rings is 2. The van der Waals surface area contributed by atoms with E-state index in [2.05, 4.69) is 20.4 Å². The van der Waals surface area contributed by atoms with E-state index in [9.17, 15) is 4.79 Å². The van der Waals surface area contributed by atoms with E-state index in [-0.39, 0.29) is 11.9 Å². The van der Waals surface area contributed by atoms with Crippen molar-refractivity contribution >= 4 is 17.5 Å². The zero-order valence-electron chi connectivity index (χ0n) is 19.2. The standard InChI is InChI=1S/C26H28N6O2/c1-17-22(19-10-11-32-24(13-19)30-26(27)31-32)12-21(15-28-17)25(33)29-14-20-8-4-5-9-23(20)34-16-18-6-2-3-7-18/h4-5,8-13,15,18H,2-3,6-7,14,16H2,1H3,(H2,27,31)(H,29,33). The maximum absolute atomic E-state index is 13.0. The van der Waals surface area contributed by atoms with Gasteiger partial charge in [0.25, 0.3) is 5.91 Å². The average molecular weight is 457 g/mol. The first-order valence-electron chi connectivity index (χ1n) is 11.6. The smallest absolute Gasteiger partial charge is 0.253 e. The van der Waals surface area contributed by atoms with Crippen LogP contribution in [-0.2, 0) is 6.54 Å². The van der Waals surface area contributed by atoms with Crippen molar-refractivity contribution in [3.05, 3.63) is 71.7 Å². The van der Waals surface area contributed by atoms with Gasteiger partial charge in [0.05, 0.1) is 12.2 Å².